The molecule has 25 heavy (non-hydrogen) atoms. The minimum atomic E-state index is -0.389. The molecule has 0 atom stereocenters. The van der Waals surface area contributed by atoms with Crippen LogP contribution in [0.4, 0.5) is 4.39 Å². The third-order valence-corrected chi connectivity index (χ3v) is 4.49. The van der Waals surface area contributed by atoms with Gasteiger partial charge in [-0.05, 0) is 24.3 Å². The molecular weight excluding hydrogens is 339 g/mol. The number of nitrogens with zero attached hydrogens (tertiary/aromatic N) is 2. The maximum Gasteiger partial charge on any atom is 0.262 e. The van der Waals surface area contributed by atoms with E-state index in [1.165, 1.54) is 17.8 Å². The Bertz CT molecular complexity index is 956. The Hall–Kier alpha value is -2.60. The molecule has 0 bridgehead atoms. The van der Waals surface area contributed by atoms with Gasteiger partial charge in [-0.3, -0.25) is 9.36 Å². The molecule has 2 aromatic carbocycles. The van der Waals surface area contributed by atoms with Gasteiger partial charge in [0.05, 0.1) is 17.5 Å². The summed E-state index contributed by atoms with van der Waals surface area (Å²) in [6.45, 7) is 4.39. The Labute approximate surface area is 149 Å². The summed E-state index contributed by atoms with van der Waals surface area (Å²) in [5.74, 6) is 0.369. The van der Waals surface area contributed by atoms with Gasteiger partial charge in [0.1, 0.15) is 0 Å². The Morgan fingerprint density at radius 2 is 1.96 bits per heavy atom. The lowest BCUT2D eigenvalue weighted by Gasteiger charge is -2.12. The van der Waals surface area contributed by atoms with Crippen molar-refractivity contribution < 1.29 is 9.13 Å². The van der Waals surface area contributed by atoms with Crippen molar-refractivity contribution in [2.45, 2.75) is 11.7 Å². The van der Waals surface area contributed by atoms with Gasteiger partial charge < -0.3 is 4.74 Å². The minimum Gasteiger partial charge on any atom is -0.490 e. The molecule has 0 aliphatic heterocycles. The fourth-order valence-electron chi connectivity index (χ4n) is 2.39. The fourth-order valence-corrected chi connectivity index (χ4v) is 3.22. The zero-order valence-electron chi connectivity index (χ0n) is 13.5. The first-order valence-corrected chi connectivity index (χ1v) is 8.80. The van der Waals surface area contributed by atoms with Crippen LogP contribution in [-0.4, -0.2) is 21.9 Å². The topological polar surface area (TPSA) is 44.1 Å². The predicted molar refractivity (Wildman–Crippen MR) is 98.8 cm³/mol. The van der Waals surface area contributed by atoms with Crippen molar-refractivity contribution in [2.24, 2.45) is 0 Å². The normalized spacial score (nSPS) is 10.8. The van der Waals surface area contributed by atoms with Crippen molar-refractivity contribution in [1.82, 2.24) is 9.55 Å². The van der Waals surface area contributed by atoms with E-state index >= 15 is 0 Å². The number of allylic oxidation sites excluding steroid dienone is 1. The van der Waals surface area contributed by atoms with E-state index in [1.54, 1.807) is 34.9 Å². The van der Waals surface area contributed by atoms with Crippen molar-refractivity contribution in [3.05, 3.63) is 77.4 Å². The van der Waals surface area contributed by atoms with Crippen LogP contribution in [0.2, 0.25) is 0 Å². The Balaban J connectivity index is 1.76. The van der Waals surface area contributed by atoms with Crippen molar-refractivity contribution in [3.8, 4) is 5.75 Å². The summed E-state index contributed by atoms with van der Waals surface area (Å²) in [5.41, 5.74) is 0.563. The van der Waals surface area contributed by atoms with Gasteiger partial charge >= 0.3 is 0 Å². The number of thioether (sulfide) groups is 1. The highest BCUT2D eigenvalue weighted by Crippen LogP contribution is 2.19. The molecule has 1 heterocycles. The van der Waals surface area contributed by atoms with Gasteiger partial charge in [-0.15, -0.1) is 6.58 Å². The summed E-state index contributed by atoms with van der Waals surface area (Å²) in [5, 5.41) is 1.18. The second-order valence-electron chi connectivity index (χ2n) is 5.24. The number of para-hydroxylation sites is 2. The summed E-state index contributed by atoms with van der Waals surface area (Å²) < 4.78 is 20.6. The van der Waals surface area contributed by atoms with E-state index in [2.05, 4.69) is 11.6 Å². The molecule has 0 aliphatic carbocycles. The van der Waals surface area contributed by atoms with E-state index in [-0.39, 0.29) is 17.1 Å². The molecule has 4 nitrogen and oxygen atoms in total. The first-order valence-electron chi connectivity index (χ1n) is 7.81. The molecular formula is C19H17FN2O2S. The number of ether oxygens (including phenoxy) is 1. The molecule has 0 amide bonds. The zero-order chi connectivity index (χ0) is 17.6. The van der Waals surface area contributed by atoms with Gasteiger partial charge in [0, 0.05) is 12.3 Å². The van der Waals surface area contributed by atoms with E-state index in [4.69, 9.17) is 4.74 Å². The SMILES string of the molecule is C=CCn1c(SCCOc2ccccc2F)nc2ccccc2c1=O. The monoisotopic (exact) mass is 356 g/mol. The second kappa shape index (κ2) is 7.98. The van der Waals surface area contributed by atoms with Crippen LogP contribution in [0.15, 0.2) is 71.1 Å². The van der Waals surface area contributed by atoms with E-state index in [1.807, 2.05) is 18.2 Å². The standard InChI is InChI=1S/C19H17FN2O2S/c1-2-11-22-18(23)14-7-3-5-9-16(14)21-19(22)25-13-12-24-17-10-6-4-8-15(17)20/h2-10H,1,11-13H2. The molecule has 128 valence electrons. The number of benzene rings is 2. The third-order valence-electron chi connectivity index (χ3n) is 3.55. The van der Waals surface area contributed by atoms with Crippen molar-refractivity contribution >= 4 is 22.7 Å². The summed E-state index contributed by atoms with van der Waals surface area (Å²) >= 11 is 1.40. The highest BCUT2D eigenvalue weighted by molar-refractivity contribution is 7.99. The first kappa shape index (κ1) is 17.2. The van der Waals surface area contributed by atoms with Gasteiger partial charge in [0.15, 0.2) is 16.7 Å². The highest BCUT2D eigenvalue weighted by atomic mass is 32.2. The van der Waals surface area contributed by atoms with Gasteiger partial charge in [-0.1, -0.05) is 42.1 Å². The molecule has 3 rings (SSSR count). The fraction of sp³-hybridized carbons (Fsp3) is 0.158. The van der Waals surface area contributed by atoms with Gasteiger partial charge in [0.2, 0.25) is 0 Å². The molecule has 0 unspecified atom stereocenters. The van der Waals surface area contributed by atoms with Crippen molar-refractivity contribution in [2.75, 3.05) is 12.4 Å². The summed E-state index contributed by atoms with van der Waals surface area (Å²) in [4.78, 5) is 17.2. The van der Waals surface area contributed by atoms with E-state index < -0.39 is 0 Å². The van der Waals surface area contributed by atoms with E-state index in [0.717, 1.165) is 0 Å². The smallest absolute Gasteiger partial charge is 0.262 e. The lowest BCUT2D eigenvalue weighted by atomic mass is 10.2. The van der Waals surface area contributed by atoms with Gasteiger partial charge in [-0.25, -0.2) is 9.37 Å². The van der Waals surface area contributed by atoms with E-state index in [9.17, 15) is 9.18 Å². The van der Waals surface area contributed by atoms with Gasteiger partial charge in [-0.2, -0.15) is 0 Å². The lowest BCUT2D eigenvalue weighted by Crippen LogP contribution is -2.23. The first-order chi connectivity index (χ1) is 12.2. The van der Waals surface area contributed by atoms with Crippen LogP contribution in [0, 0.1) is 5.82 Å². The predicted octanol–water partition coefficient (Wildman–Crippen LogP) is 3.89. The summed E-state index contributed by atoms with van der Waals surface area (Å²) in [6, 6.07) is 13.5. The largest absolute Gasteiger partial charge is 0.490 e. The number of halogens is 1. The van der Waals surface area contributed by atoms with E-state index in [0.29, 0.717) is 35.0 Å². The number of hydrogen-bond acceptors (Lipinski definition) is 4. The molecule has 3 aromatic rings. The maximum absolute atomic E-state index is 13.5. The molecule has 0 saturated carbocycles. The molecule has 6 heteroatoms. The highest BCUT2D eigenvalue weighted by Gasteiger charge is 2.10. The molecule has 0 radical (unpaired) electrons. The Morgan fingerprint density at radius 3 is 2.76 bits per heavy atom. The molecule has 0 spiro atoms. The van der Waals surface area contributed by atoms with Crippen LogP contribution in [0.1, 0.15) is 0 Å². The maximum atomic E-state index is 13.5. The van der Waals surface area contributed by atoms with Crippen molar-refractivity contribution in [1.29, 1.82) is 0 Å². The second-order valence-corrected chi connectivity index (χ2v) is 6.31. The average Bonchev–Trinajstić information content (AvgIpc) is 2.63. The van der Waals surface area contributed by atoms with Crippen LogP contribution in [-0.2, 0) is 6.54 Å². The minimum absolute atomic E-state index is 0.0944. The zero-order valence-corrected chi connectivity index (χ0v) is 14.3. The molecule has 0 aliphatic rings. The Morgan fingerprint density at radius 1 is 1.20 bits per heavy atom. The molecule has 0 saturated heterocycles. The van der Waals surface area contributed by atoms with Gasteiger partial charge in [0.25, 0.3) is 5.56 Å². The lowest BCUT2D eigenvalue weighted by molar-refractivity contribution is 0.325. The number of fused-ring (bicyclic) bond motifs is 1. The van der Waals surface area contributed by atoms with Crippen molar-refractivity contribution in [3.63, 3.8) is 0 Å². The third kappa shape index (κ3) is 3.91. The summed E-state index contributed by atoms with van der Waals surface area (Å²) in [7, 11) is 0. The number of hydrogen-bond donors (Lipinski definition) is 0. The van der Waals surface area contributed by atoms with Crippen LogP contribution >= 0.6 is 11.8 Å². The number of aromatic nitrogens is 2. The summed E-state index contributed by atoms with van der Waals surface area (Å²) in [6.07, 6.45) is 1.66. The van der Waals surface area contributed by atoms with Crippen LogP contribution in [0.5, 0.6) is 5.75 Å². The van der Waals surface area contributed by atoms with Crippen LogP contribution < -0.4 is 10.3 Å². The van der Waals surface area contributed by atoms with Crippen LogP contribution in [0.3, 0.4) is 0 Å². The number of rotatable bonds is 7. The molecule has 0 N–H and O–H groups in total. The molecule has 1 aromatic heterocycles. The quantitative estimate of drug-likeness (QED) is 0.279. The molecule has 0 fully saturated rings. The Kier molecular flexibility index (Phi) is 5.50. The average molecular weight is 356 g/mol. The van der Waals surface area contributed by atoms with Crippen LogP contribution in [0.25, 0.3) is 10.9 Å².